The van der Waals surface area contributed by atoms with Gasteiger partial charge in [0.15, 0.2) is 0 Å². The van der Waals surface area contributed by atoms with Crippen LogP contribution in [0.1, 0.15) is 22.5 Å². The van der Waals surface area contributed by atoms with Crippen LogP contribution in [-0.4, -0.2) is 34.2 Å². The van der Waals surface area contributed by atoms with Gasteiger partial charge in [-0.2, -0.15) is 13.2 Å². The Balaban J connectivity index is 2.16. The Morgan fingerprint density at radius 2 is 2.00 bits per heavy atom. The van der Waals surface area contributed by atoms with Crippen LogP contribution in [0.5, 0.6) is 0 Å². The van der Waals surface area contributed by atoms with Gasteiger partial charge in [0.25, 0.3) is 5.91 Å². The van der Waals surface area contributed by atoms with Crippen LogP contribution < -0.4 is 5.32 Å². The minimum atomic E-state index is -4.70. The molecule has 0 aliphatic carbocycles. The third-order valence-corrected chi connectivity index (χ3v) is 4.03. The number of rotatable bonds is 5. The zero-order valence-corrected chi connectivity index (χ0v) is 13.2. The second-order valence-electron chi connectivity index (χ2n) is 5.04. The van der Waals surface area contributed by atoms with E-state index in [1.165, 1.54) is 5.38 Å². The van der Waals surface area contributed by atoms with E-state index in [0.29, 0.717) is 5.01 Å². The molecule has 0 radical (unpaired) electrons. The van der Waals surface area contributed by atoms with Crippen LogP contribution in [0.15, 0.2) is 29.6 Å². The predicted octanol–water partition coefficient (Wildman–Crippen LogP) is 3.25. The Morgan fingerprint density at radius 1 is 1.33 bits per heavy atom. The molecule has 1 heterocycles. The van der Waals surface area contributed by atoms with Crippen molar-refractivity contribution in [2.45, 2.75) is 25.6 Å². The molecule has 0 fully saturated rings. The average molecular weight is 358 g/mol. The van der Waals surface area contributed by atoms with Gasteiger partial charge >= 0.3 is 12.1 Å². The van der Waals surface area contributed by atoms with E-state index < -0.39 is 30.5 Å². The summed E-state index contributed by atoms with van der Waals surface area (Å²) in [5.41, 5.74) is 1.61. The second-order valence-corrected chi connectivity index (χ2v) is 5.89. The van der Waals surface area contributed by atoms with Crippen LogP contribution in [0.25, 0.3) is 10.6 Å². The Morgan fingerprint density at radius 3 is 2.58 bits per heavy atom. The number of benzene rings is 1. The minimum absolute atomic E-state index is 0.119. The lowest BCUT2D eigenvalue weighted by Gasteiger charge is -2.15. The number of amides is 1. The molecule has 0 bridgehead atoms. The van der Waals surface area contributed by atoms with E-state index in [1.807, 2.05) is 24.4 Å². The van der Waals surface area contributed by atoms with E-state index in [4.69, 9.17) is 5.11 Å². The number of hydrogen-bond acceptors (Lipinski definition) is 4. The molecule has 2 rings (SSSR count). The lowest BCUT2D eigenvalue weighted by molar-refractivity contribution is -0.157. The highest BCUT2D eigenvalue weighted by Gasteiger charge is 2.36. The third-order valence-electron chi connectivity index (χ3n) is 3.15. The predicted molar refractivity (Wildman–Crippen MR) is 81.8 cm³/mol. The van der Waals surface area contributed by atoms with Gasteiger partial charge in [0.05, 0.1) is 6.42 Å². The monoisotopic (exact) mass is 358 g/mol. The molecule has 0 aliphatic rings. The van der Waals surface area contributed by atoms with Gasteiger partial charge in [0, 0.05) is 10.9 Å². The number of aromatic nitrogens is 1. The first kappa shape index (κ1) is 17.9. The molecule has 0 spiro atoms. The number of halogens is 3. The summed E-state index contributed by atoms with van der Waals surface area (Å²) in [5, 5.41) is 12.6. The van der Waals surface area contributed by atoms with Crippen molar-refractivity contribution < 1.29 is 27.9 Å². The number of aliphatic carboxylic acids is 1. The smallest absolute Gasteiger partial charge is 0.391 e. The maximum absolute atomic E-state index is 12.4. The summed E-state index contributed by atoms with van der Waals surface area (Å²) in [7, 11) is 0. The Hall–Kier alpha value is -2.42. The topological polar surface area (TPSA) is 79.3 Å². The van der Waals surface area contributed by atoms with Crippen LogP contribution in [-0.2, 0) is 4.79 Å². The summed E-state index contributed by atoms with van der Waals surface area (Å²) < 4.78 is 37.1. The van der Waals surface area contributed by atoms with Crippen molar-refractivity contribution in [2.24, 2.45) is 0 Å². The number of carbonyl (C=O) groups is 2. The summed E-state index contributed by atoms with van der Waals surface area (Å²) in [6.45, 7) is 1.86. The molecule has 0 aliphatic heterocycles. The fourth-order valence-corrected chi connectivity index (χ4v) is 2.87. The van der Waals surface area contributed by atoms with Crippen molar-refractivity contribution in [3.63, 3.8) is 0 Å². The molecule has 0 saturated heterocycles. The lowest BCUT2D eigenvalue weighted by atomic mass is 10.1. The normalized spacial score (nSPS) is 12.7. The Labute approximate surface area is 139 Å². The van der Waals surface area contributed by atoms with E-state index in [9.17, 15) is 22.8 Å². The van der Waals surface area contributed by atoms with E-state index in [1.54, 1.807) is 12.1 Å². The fraction of sp³-hybridized carbons (Fsp3) is 0.267. The van der Waals surface area contributed by atoms with Gasteiger partial charge in [-0.25, -0.2) is 9.78 Å². The van der Waals surface area contributed by atoms with E-state index in [0.717, 1.165) is 22.5 Å². The lowest BCUT2D eigenvalue weighted by Crippen LogP contribution is -2.43. The number of carboxylic acid groups (broad SMARTS) is 1. The molecular weight excluding hydrogens is 345 g/mol. The van der Waals surface area contributed by atoms with Crippen LogP contribution in [0.3, 0.4) is 0 Å². The quantitative estimate of drug-likeness (QED) is 0.860. The molecule has 1 amide bonds. The Kier molecular flexibility index (Phi) is 5.23. The van der Waals surface area contributed by atoms with E-state index >= 15 is 0 Å². The number of hydrogen-bond donors (Lipinski definition) is 2. The summed E-state index contributed by atoms with van der Waals surface area (Å²) in [6.07, 6.45) is -6.35. The van der Waals surface area contributed by atoms with Gasteiger partial charge in [-0.05, 0) is 12.5 Å². The first-order chi connectivity index (χ1) is 11.2. The first-order valence-electron chi connectivity index (χ1n) is 6.79. The largest absolute Gasteiger partial charge is 0.480 e. The molecule has 9 heteroatoms. The molecule has 2 aromatic rings. The van der Waals surface area contributed by atoms with Gasteiger partial charge in [-0.1, -0.05) is 24.3 Å². The second kappa shape index (κ2) is 7.00. The zero-order chi connectivity index (χ0) is 17.9. The van der Waals surface area contributed by atoms with Gasteiger partial charge in [-0.15, -0.1) is 11.3 Å². The first-order valence-corrected chi connectivity index (χ1v) is 7.67. The molecular formula is C15H13F3N2O3S. The molecule has 24 heavy (non-hydrogen) atoms. The number of aryl methyl sites for hydroxylation is 1. The Bertz CT molecular complexity index is 758. The molecule has 1 aromatic carbocycles. The molecule has 128 valence electrons. The highest BCUT2D eigenvalue weighted by atomic mass is 32.1. The number of carboxylic acids is 1. The summed E-state index contributed by atoms with van der Waals surface area (Å²) in [5.74, 6) is -2.71. The van der Waals surface area contributed by atoms with Crippen LogP contribution >= 0.6 is 11.3 Å². The SMILES string of the molecule is Cc1ccccc1-c1nc(C(=O)NC(CC(F)(F)F)C(=O)O)cs1. The third kappa shape index (κ3) is 4.54. The summed E-state index contributed by atoms with van der Waals surface area (Å²) >= 11 is 1.15. The van der Waals surface area contributed by atoms with E-state index in [-0.39, 0.29) is 5.69 Å². The number of nitrogens with one attached hydrogen (secondary N) is 1. The van der Waals surface area contributed by atoms with Crippen LogP contribution in [0, 0.1) is 6.92 Å². The van der Waals surface area contributed by atoms with Gasteiger partial charge in [-0.3, -0.25) is 4.79 Å². The molecule has 1 aromatic heterocycles. The fourth-order valence-electron chi connectivity index (χ4n) is 1.98. The van der Waals surface area contributed by atoms with Crippen molar-refractivity contribution in [3.05, 3.63) is 40.9 Å². The summed E-state index contributed by atoms with van der Waals surface area (Å²) in [6, 6.07) is 5.25. The molecule has 1 unspecified atom stereocenters. The highest BCUT2D eigenvalue weighted by molar-refractivity contribution is 7.13. The molecule has 2 N–H and O–H groups in total. The number of alkyl halides is 3. The van der Waals surface area contributed by atoms with Crippen LogP contribution in [0.2, 0.25) is 0 Å². The molecule has 1 atom stereocenters. The maximum atomic E-state index is 12.4. The van der Waals surface area contributed by atoms with Gasteiger partial charge in [0.2, 0.25) is 0 Å². The maximum Gasteiger partial charge on any atom is 0.391 e. The number of thiazole rings is 1. The average Bonchev–Trinajstić information content (AvgIpc) is 2.95. The molecule has 0 saturated carbocycles. The van der Waals surface area contributed by atoms with Crippen molar-refractivity contribution in [1.29, 1.82) is 0 Å². The number of carbonyl (C=O) groups excluding carboxylic acids is 1. The standard InChI is InChI=1S/C15H13F3N2O3S/c1-8-4-2-3-5-9(8)13-20-11(7-24-13)12(21)19-10(14(22)23)6-15(16,17)18/h2-5,7,10H,6H2,1H3,(H,19,21)(H,22,23). The molecule has 5 nitrogen and oxygen atoms in total. The van der Waals surface area contributed by atoms with Crippen molar-refractivity contribution in [2.75, 3.05) is 0 Å². The minimum Gasteiger partial charge on any atom is -0.480 e. The van der Waals surface area contributed by atoms with Crippen molar-refractivity contribution in [3.8, 4) is 10.6 Å². The van der Waals surface area contributed by atoms with E-state index in [2.05, 4.69) is 4.98 Å². The zero-order valence-electron chi connectivity index (χ0n) is 12.4. The van der Waals surface area contributed by atoms with Crippen LogP contribution in [0.4, 0.5) is 13.2 Å². The summed E-state index contributed by atoms with van der Waals surface area (Å²) in [4.78, 5) is 26.9. The van der Waals surface area contributed by atoms with Crippen molar-refractivity contribution in [1.82, 2.24) is 10.3 Å². The van der Waals surface area contributed by atoms with Gasteiger partial charge < -0.3 is 10.4 Å². The van der Waals surface area contributed by atoms with Crippen molar-refractivity contribution >= 4 is 23.2 Å². The highest BCUT2D eigenvalue weighted by Crippen LogP contribution is 2.27. The van der Waals surface area contributed by atoms with Gasteiger partial charge in [0.1, 0.15) is 16.7 Å². The number of nitrogens with zero attached hydrogens (tertiary/aromatic N) is 1.